The Labute approximate surface area is 235 Å². The number of aryl methyl sites for hydroxylation is 1. The summed E-state index contributed by atoms with van der Waals surface area (Å²) in [7, 11) is 0. The van der Waals surface area contributed by atoms with E-state index in [1.807, 2.05) is 0 Å². The predicted octanol–water partition coefficient (Wildman–Crippen LogP) is 11.6. The minimum absolute atomic E-state index is 0.939. The second-order valence-electron chi connectivity index (χ2n) is 11.8. The third kappa shape index (κ3) is 12.5. The van der Waals surface area contributed by atoms with Gasteiger partial charge in [-0.3, -0.25) is 0 Å². The van der Waals surface area contributed by atoms with E-state index in [-0.39, 0.29) is 0 Å². The van der Waals surface area contributed by atoms with Crippen LogP contribution in [0.4, 0.5) is 0 Å². The molecule has 206 valence electrons. The zero-order valence-corrected chi connectivity index (χ0v) is 24.7. The second-order valence-corrected chi connectivity index (χ2v) is 11.8. The minimum Gasteiger partial charge on any atom is -0.0839 e. The molecule has 0 atom stereocenters. The van der Waals surface area contributed by atoms with Crippen molar-refractivity contribution >= 4 is 6.08 Å². The molecule has 1 aliphatic rings. The Hall–Kier alpha value is -2.26. The van der Waals surface area contributed by atoms with E-state index < -0.39 is 0 Å². The van der Waals surface area contributed by atoms with Crippen LogP contribution in [0, 0.1) is 23.7 Å². The minimum atomic E-state index is 0.939. The Kier molecular flexibility index (Phi) is 15.1. The number of benzene rings is 2. The van der Waals surface area contributed by atoms with Gasteiger partial charge in [-0.05, 0) is 66.5 Å². The van der Waals surface area contributed by atoms with Gasteiger partial charge in [-0.15, -0.1) is 0 Å². The summed E-state index contributed by atoms with van der Waals surface area (Å²) in [4.78, 5) is 0. The molecular weight excluding hydrogens is 456 g/mol. The van der Waals surface area contributed by atoms with Crippen LogP contribution in [0.5, 0.6) is 0 Å². The molecular formula is C38H54. The number of rotatable bonds is 16. The number of hydrogen-bond acceptors (Lipinski definition) is 0. The van der Waals surface area contributed by atoms with Gasteiger partial charge in [-0.1, -0.05) is 158 Å². The molecule has 0 saturated heterocycles. The van der Waals surface area contributed by atoms with Gasteiger partial charge in [0.2, 0.25) is 0 Å². The van der Waals surface area contributed by atoms with E-state index in [1.165, 1.54) is 120 Å². The van der Waals surface area contributed by atoms with Crippen molar-refractivity contribution in [3.8, 4) is 11.8 Å². The zero-order valence-electron chi connectivity index (χ0n) is 24.7. The van der Waals surface area contributed by atoms with Crippen LogP contribution >= 0.6 is 0 Å². The molecule has 0 unspecified atom stereocenters. The lowest BCUT2D eigenvalue weighted by molar-refractivity contribution is 0.248. The molecule has 0 aromatic heterocycles. The molecule has 38 heavy (non-hydrogen) atoms. The normalized spacial score (nSPS) is 17.4. The smallest absolute Gasteiger partial charge is 0.0249 e. The van der Waals surface area contributed by atoms with Gasteiger partial charge < -0.3 is 0 Å². The maximum absolute atomic E-state index is 3.35. The summed E-state index contributed by atoms with van der Waals surface area (Å²) in [5.41, 5.74) is 4.92. The first kappa shape index (κ1) is 30.3. The molecule has 1 fully saturated rings. The van der Waals surface area contributed by atoms with Gasteiger partial charge >= 0.3 is 0 Å². The van der Waals surface area contributed by atoms with Gasteiger partial charge in [0.1, 0.15) is 0 Å². The van der Waals surface area contributed by atoms with Crippen molar-refractivity contribution in [1.82, 2.24) is 0 Å². The third-order valence-electron chi connectivity index (χ3n) is 8.52. The maximum atomic E-state index is 3.35. The summed E-state index contributed by atoms with van der Waals surface area (Å²) in [6.45, 7) is 4.54. The average molecular weight is 511 g/mol. The van der Waals surface area contributed by atoms with Crippen molar-refractivity contribution in [2.45, 2.75) is 129 Å². The monoisotopic (exact) mass is 510 g/mol. The maximum Gasteiger partial charge on any atom is 0.0249 e. The van der Waals surface area contributed by atoms with Crippen molar-refractivity contribution in [3.05, 3.63) is 76.9 Å². The van der Waals surface area contributed by atoms with E-state index in [0.717, 1.165) is 29.4 Å². The van der Waals surface area contributed by atoms with E-state index in [9.17, 15) is 0 Å². The van der Waals surface area contributed by atoms with Crippen LogP contribution in [-0.2, 0) is 6.42 Å². The summed E-state index contributed by atoms with van der Waals surface area (Å²) in [5, 5.41) is 0. The molecule has 0 heteroatoms. The first-order chi connectivity index (χ1) is 18.8. The number of unbranched alkanes of at least 4 members (excludes halogenated alkanes) is 9. The SMILES string of the molecule is CCCC/C=C/c1ccc(C#Cc2ccc(CCC3CCC(CCCCCCCCCC)CC3)cc2)cc1. The molecule has 0 bridgehead atoms. The van der Waals surface area contributed by atoms with Gasteiger partial charge in [0.15, 0.2) is 0 Å². The van der Waals surface area contributed by atoms with E-state index in [4.69, 9.17) is 0 Å². The Balaban J connectivity index is 1.29. The van der Waals surface area contributed by atoms with E-state index in [2.05, 4.69) is 86.4 Å². The van der Waals surface area contributed by atoms with Gasteiger partial charge in [0.25, 0.3) is 0 Å². The van der Waals surface area contributed by atoms with E-state index in [1.54, 1.807) is 0 Å². The molecule has 0 amide bonds. The molecule has 0 aliphatic heterocycles. The fraction of sp³-hybridized carbons (Fsp3) is 0.579. The standard InChI is InChI=1S/C38H54/c1-3-5-7-9-10-11-12-14-16-34-19-23-36(24-20-34)26-28-38-31-29-37(30-32-38)27-25-35-21-17-33(18-22-35)15-13-8-6-4-2/h13,15,17-18,21-22,29-32,34,36H,3-12,14,16,19-20,23-24,26,28H2,1-2H3/b15-13+. The molecule has 3 rings (SSSR count). The van der Waals surface area contributed by atoms with Crippen molar-refractivity contribution in [2.75, 3.05) is 0 Å². The Bertz CT molecular complexity index is 942. The van der Waals surface area contributed by atoms with Crippen LogP contribution in [0.15, 0.2) is 54.6 Å². The molecule has 0 radical (unpaired) electrons. The van der Waals surface area contributed by atoms with Crippen molar-refractivity contribution in [1.29, 1.82) is 0 Å². The van der Waals surface area contributed by atoms with Crippen LogP contribution in [0.3, 0.4) is 0 Å². The van der Waals surface area contributed by atoms with Gasteiger partial charge in [0, 0.05) is 11.1 Å². The second kappa shape index (κ2) is 18.9. The fourth-order valence-electron chi connectivity index (χ4n) is 5.86. The van der Waals surface area contributed by atoms with Crippen LogP contribution in [0.2, 0.25) is 0 Å². The van der Waals surface area contributed by atoms with Crippen LogP contribution in [-0.4, -0.2) is 0 Å². The highest BCUT2D eigenvalue weighted by atomic mass is 14.3. The Morgan fingerprint density at radius 1 is 0.605 bits per heavy atom. The topological polar surface area (TPSA) is 0 Å². The number of hydrogen-bond donors (Lipinski definition) is 0. The zero-order chi connectivity index (χ0) is 26.7. The molecule has 2 aromatic rings. The highest BCUT2D eigenvalue weighted by Crippen LogP contribution is 2.34. The molecule has 1 saturated carbocycles. The molecule has 0 heterocycles. The lowest BCUT2D eigenvalue weighted by Gasteiger charge is -2.28. The highest BCUT2D eigenvalue weighted by Gasteiger charge is 2.20. The van der Waals surface area contributed by atoms with E-state index in [0.29, 0.717) is 0 Å². The summed E-state index contributed by atoms with van der Waals surface area (Å²) >= 11 is 0. The summed E-state index contributed by atoms with van der Waals surface area (Å²) in [6.07, 6.45) is 29.7. The van der Waals surface area contributed by atoms with Crippen LogP contribution in [0.25, 0.3) is 6.08 Å². The number of allylic oxidation sites excluding steroid dienone is 1. The first-order valence-corrected chi connectivity index (χ1v) is 16.1. The molecule has 1 aliphatic carbocycles. The predicted molar refractivity (Wildman–Crippen MR) is 168 cm³/mol. The quantitative estimate of drug-likeness (QED) is 0.156. The van der Waals surface area contributed by atoms with Crippen molar-refractivity contribution < 1.29 is 0 Å². The van der Waals surface area contributed by atoms with Crippen LogP contribution < -0.4 is 0 Å². The van der Waals surface area contributed by atoms with E-state index >= 15 is 0 Å². The Morgan fingerprint density at radius 2 is 1.13 bits per heavy atom. The lowest BCUT2D eigenvalue weighted by atomic mass is 9.77. The molecule has 2 aromatic carbocycles. The van der Waals surface area contributed by atoms with Crippen molar-refractivity contribution in [3.63, 3.8) is 0 Å². The van der Waals surface area contributed by atoms with Crippen molar-refractivity contribution in [2.24, 2.45) is 11.8 Å². The lowest BCUT2D eigenvalue weighted by Crippen LogP contribution is -2.15. The largest absolute Gasteiger partial charge is 0.0839 e. The van der Waals surface area contributed by atoms with Gasteiger partial charge in [-0.25, -0.2) is 0 Å². The molecule has 0 N–H and O–H groups in total. The molecule has 0 spiro atoms. The summed E-state index contributed by atoms with van der Waals surface area (Å²) in [6, 6.07) is 17.6. The average Bonchev–Trinajstić information content (AvgIpc) is 2.96. The summed E-state index contributed by atoms with van der Waals surface area (Å²) in [5.74, 6) is 8.63. The fourth-order valence-corrected chi connectivity index (χ4v) is 5.86. The molecule has 0 nitrogen and oxygen atoms in total. The van der Waals surface area contributed by atoms with Crippen LogP contribution in [0.1, 0.15) is 145 Å². The first-order valence-electron chi connectivity index (χ1n) is 16.1. The summed E-state index contributed by atoms with van der Waals surface area (Å²) < 4.78 is 0. The Morgan fingerprint density at radius 3 is 1.74 bits per heavy atom. The third-order valence-corrected chi connectivity index (χ3v) is 8.52. The van der Waals surface area contributed by atoms with Gasteiger partial charge in [-0.2, -0.15) is 0 Å². The highest BCUT2D eigenvalue weighted by molar-refractivity contribution is 5.52. The van der Waals surface area contributed by atoms with Gasteiger partial charge in [0.05, 0.1) is 0 Å².